The van der Waals surface area contributed by atoms with Crippen molar-refractivity contribution >= 4 is 22.4 Å². The second-order valence-corrected chi connectivity index (χ2v) is 9.31. The van der Waals surface area contributed by atoms with Crippen molar-refractivity contribution in [1.29, 1.82) is 0 Å². The molecule has 0 atom stereocenters. The van der Waals surface area contributed by atoms with Crippen LogP contribution in [0.2, 0.25) is 5.02 Å². The van der Waals surface area contributed by atoms with Crippen molar-refractivity contribution in [3.05, 3.63) is 64.9 Å². The van der Waals surface area contributed by atoms with Crippen molar-refractivity contribution in [2.24, 2.45) is 5.92 Å². The number of hydrogen-bond donors (Lipinski definition) is 0. The van der Waals surface area contributed by atoms with Gasteiger partial charge in [0.1, 0.15) is 0 Å². The van der Waals surface area contributed by atoms with Gasteiger partial charge in [0.15, 0.2) is 11.5 Å². The molecular weight excluding hydrogens is 420 g/mol. The van der Waals surface area contributed by atoms with Gasteiger partial charge in [-0.15, -0.1) is 0 Å². The molecule has 1 fully saturated rings. The second kappa shape index (κ2) is 11.0. The van der Waals surface area contributed by atoms with Crippen molar-refractivity contribution in [3.8, 4) is 11.5 Å². The van der Waals surface area contributed by atoms with Crippen molar-refractivity contribution in [2.75, 3.05) is 19.9 Å². The van der Waals surface area contributed by atoms with Crippen LogP contribution in [0.25, 0.3) is 10.8 Å². The van der Waals surface area contributed by atoms with E-state index in [1.165, 1.54) is 55.1 Å². The van der Waals surface area contributed by atoms with Crippen molar-refractivity contribution in [3.63, 3.8) is 0 Å². The predicted octanol–water partition coefficient (Wildman–Crippen LogP) is 6.88. The molecule has 4 nitrogen and oxygen atoms in total. The van der Waals surface area contributed by atoms with Gasteiger partial charge in [-0.3, -0.25) is 9.88 Å². The van der Waals surface area contributed by atoms with Gasteiger partial charge in [-0.25, -0.2) is 0 Å². The summed E-state index contributed by atoms with van der Waals surface area (Å²) in [7, 11) is 0. The Morgan fingerprint density at radius 3 is 2.66 bits per heavy atom. The average Bonchev–Trinajstić information content (AvgIpc) is 3.28. The van der Waals surface area contributed by atoms with Gasteiger partial charge in [-0.1, -0.05) is 44.0 Å². The van der Waals surface area contributed by atoms with Crippen molar-refractivity contribution in [2.45, 2.75) is 52.5 Å². The van der Waals surface area contributed by atoms with Gasteiger partial charge < -0.3 is 9.47 Å². The molecule has 0 bridgehead atoms. The molecule has 0 N–H and O–H groups in total. The monoisotopic (exact) mass is 452 g/mol. The molecule has 5 heteroatoms. The number of fused-ring (bicyclic) bond motifs is 2. The van der Waals surface area contributed by atoms with Gasteiger partial charge >= 0.3 is 0 Å². The summed E-state index contributed by atoms with van der Waals surface area (Å²) in [4.78, 5) is 6.95. The molecule has 2 aromatic carbocycles. The molecule has 1 saturated heterocycles. The molecule has 2 aliphatic rings. The van der Waals surface area contributed by atoms with E-state index in [1.54, 1.807) is 0 Å². The normalized spacial score (nSPS) is 16.1. The molecular formula is C27H33ClN2O2. The molecule has 3 heterocycles. The predicted molar refractivity (Wildman–Crippen MR) is 132 cm³/mol. The maximum absolute atomic E-state index is 6.00. The molecule has 170 valence electrons. The standard InChI is InChI=1S/C14H19NO2.C13H14ClN/c1-11-4-6-15(7-5-11)9-12-2-3-13-14(8-12)17-10-16-13;1-2-3-4-13-12-9-11(14)6-5-10(12)7-8-15-13/h2-3,8,11H,4-7,9-10H2,1H3;5-9H,2-4H2,1H3. The van der Waals surface area contributed by atoms with E-state index in [2.05, 4.69) is 41.9 Å². The maximum Gasteiger partial charge on any atom is 0.231 e. The number of aryl methyl sites for hydroxylation is 1. The average molecular weight is 453 g/mol. The Kier molecular flexibility index (Phi) is 7.88. The third-order valence-electron chi connectivity index (χ3n) is 6.30. The summed E-state index contributed by atoms with van der Waals surface area (Å²) in [5, 5.41) is 3.20. The highest BCUT2D eigenvalue weighted by molar-refractivity contribution is 6.31. The summed E-state index contributed by atoms with van der Waals surface area (Å²) >= 11 is 6.00. The summed E-state index contributed by atoms with van der Waals surface area (Å²) in [5.74, 6) is 2.66. The zero-order valence-electron chi connectivity index (χ0n) is 19.1. The van der Waals surface area contributed by atoms with Crippen LogP contribution in [-0.4, -0.2) is 29.8 Å². The van der Waals surface area contributed by atoms with Crippen LogP contribution in [0, 0.1) is 5.92 Å². The Bertz CT molecular complexity index is 1030. The Labute approximate surface area is 196 Å². The molecule has 0 amide bonds. The summed E-state index contributed by atoms with van der Waals surface area (Å²) in [6.07, 6.45) is 7.93. The van der Waals surface area contributed by atoms with E-state index in [0.29, 0.717) is 6.79 Å². The van der Waals surface area contributed by atoms with Crippen LogP contribution < -0.4 is 9.47 Å². The fourth-order valence-electron chi connectivity index (χ4n) is 4.26. The molecule has 0 aliphatic carbocycles. The van der Waals surface area contributed by atoms with E-state index >= 15 is 0 Å². The van der Waals surface area contributed by atoms with Gasteiger partial charge in [-0.2, -0.15) is 0 Å². The number of likely N-dealkylation sites (tertiary alicyclic amines) is 1. The Morgan fingerprint density at radius 1 is 1.03 bits per heavy atom. The highest BCUT2D eigenvalue weighted by Crippen LogP contribution is 2.33. The zero-order chi connectivity index (χ0) is 22.3. The Hall–Kier alpha value is -2.30. The van der Waals surface area contributed by atoms with Gasteiger partial charge in [0.25, 0.3) is 0 Å². The first-order valence-electron chi connectivity index (χ1n) is 11.8. The number of hydrogen-bond acceptors (Lipinski definition) is 4. The first-order chi connectivity index (χ1) is 15.6. The lowest BCUT2D eigenvalue weighted by atomic mass is 9.99. The van der Waals surface area contributed by atoms with E-state index < -0.39 is 0 Å². The molecule has 0 saturated carbocycles. The Balaban J connectivity index is 0.000000155. The Morgan fingerprint density at radius 2 is 1.84 bits per heavy atom. The van der Waals surface area contributed by atoms with Crippen molar-refractivity contribution in [1.82, 2.24) is 9.88 Å². The van der Waals surface area contributed by atoms with Crippen LogP contribution >= 0.6 is 11.6 Å². The van der Waals surface area contributed by atoms with E-state index in [9.17, 15) is 0 Å². The van der Waals surface area contributed by atoms with Crippen LogP contribution in [0.15, 0.2) is 48.7 Å². The number of halogens is 1. The van der Waals surface area contributed by atoms with Crippen LogP contribution in [0.4, 0.5) is 0 Å². The smallest absolute Gasteiger partial charge is 0.231 e. The fourth-order valence-corrected chi connectivity index (χ4v) is 4.43. The number of rotatable bonds is 5. The first-order valence-corrected chi connectivity index (χ1v) is 12.1. The SMILES string of the molecule is CC1CCN(Cc2ccc3c(c2)OCO3)CC1.CCCCc1nccc2ccc(Cl)cc12. The number of aromatic nitrogens is 1. The maximum atomic E-state index is 6.00. The van der Waals surface area contributed by atoms with Crippen LogP contribution in [0.3, 0.4) is 0 Å². The summed E-state index contributed by atoms with van der Waals surface area (Å²) in [6, 6.07) is 14.3. The van der Waals surface area contributed by atoms with Crippen LogP contribution in [0.5, 0.6) is 11.5 Å². The number of benzene rings is 2. The van der Waals surface area contributed by atoms with Crippen LogP contribution in [-0.2, 0) is 13.0 Å². The zero-order valence-corrected chi connectivity index (χ0v) is 19.9. The van der Waals surface area contributed by atoms with Crippen LogP contribution in [0.1, 0.15) is 50.8 Å². The van der Waals surface area contributed by atoms with E-state index in [1.807, 2.05) is 30.5 Å². The molecule has 3 aromatic rings. The van der Waals surface area contributed by atoms with E-state index in [0.717, 1.165) is 41.1 Å². The van der Waals surface area contributed by atoms with Gasteiger partial charge in [0, 0.05) is 28.8 Å². The lowest BCUT2D eigenvalue weighted by Gasteiger charge is -2.30. The minimum absolute atomic E-state index is 0.361. The third kappa shape index (κ3) is 5.93. The van der Waals surface area contributed by atoms with Gasteiger partial charge in [0.2, 0.25) is 6.79 Å². The number of piperidine rings is 1. The van der Waals surface area contributed by atoms with Crippen molar-refractivity contribution < 1.29 is 9.47 Å². The second-order valence-electron chi connectivity index (χ2n) is 8.87. The minimum atomic E-state index is 0.361. The molecule has 2 aliphatic heterocycles. The number of pyridine rings is 1. The molecule has 32 heavy (non-hydrogen) atoms. The number of nitrogens with zero attached hydrogens (tertiary/aromatic N) is 2. The summed E-state index contributed by atoms with van der Waals surface area (Å²) in [5.41, 5.74) is 2.49. The number of ether oxygens (including phenoxy) is 2. The van der Waals surface area contributed by atoms with E-state index in [4.69, 9.17) is 21.1 Å². The minimum Gasteiger partial charge on any atom is -0.454 e. The van der Waals surface area contributed by atoms with Gasteiger partial charge in [0.05, 0.1) is 0 Å². The molecule has 0 unspecified atom stereocenters. The highest BCUT2D eigenvalue weighted by Gasteiger charge is 2.18. The first kappa shape index (κ1) is 22.9. The number of unbranched alkanes of at least 4 members (excludes halogenated alkanes) is 1. The lowest BCUT2D eigenvalue weighted by Crippen LogP contribution is -2.32. The highest BCUT2D eigenvalue weighted by atomic mass is 35.5. The molecule has 0 radical (unpaired) electrons. The largest absolute Gasteiger partial charge is 0.454 e. The quantitative estimate of drug-likeness (QED) is 0.422. The lowest BCUT2D eigenvalue weighted by molar-refractivity contribution is 0.173. The third-order valence-corrected chi connectivity index (χ3v) is 6.53. The van der Waals surface area contributed by atoms with Gasteiger partial charge in [-0.05, 0) is 86.0 Å². The fraction of sp³-hybridized carbons (Fsp3) is 0.444. The summed E-state index contributed by atoms with van der Waals surface area (Å²) in [6.45, 7) is 8.37. The topological polar surface area (TPSA) is 34.6 Å². The summed E-state index contributed by atoms with van der Waals surface area (Å²) < 4.78 is 10.7. The molecule has 5 rings (SSSR count). The molecule has 1 aromatic heterocycles. The van der Waals surface area contributed by atoms with E-state index in [-0.39, 0.29) is 0 Å². The molecule has 0 spiro atoms.